The Balaban J connectivity index is 1.80. The summed E-state index contributed by atoms with van der Waals surface area (Å²) in [5.41, 5.74) is 2.78. The summed E-state index contributed by atoms with van der Waals surface area (Å²) in [6.07, 6.45) is 0. The summed E-state index contributed by atoms with van der Waals surface area (Å²) >= 11 is 0. The number of hydrogen-bond donors (Lipinski definition) is 3. The number of aryl methyl sites for hydroxylation is 2. The molecule has 0 radical (unpaired) electrons. The molecule has 2 rings (SSSR count). The monoisotopic (exact) mass is 361 g/mol. The predicted molar refractivity (Wildman–Crippen MR) is 100.0 cm³/mol. The molecular formula is C19H29N4O3+. The lowest BCUT2D eigenvalue weighted by Crippen LogP contribution is -3.19. The zero-order chi connectivity index (χ0) is 19.3. The molecule has 0 unspecified atom stereocenters. The van der Waals surface area contributed by atoms with Crippen LogP contribution in [0.2, 0.25) is 0 Å². The van der Waals surface area contributed by atoms with Crippen molar-refractivity contribution in [3.05, 3.63) is 29.3 Å². The number of hydrogen-bond acceptors (Lipinski definition) is 3. The number of amides is 3. The van der Waals surface area contributed by atoms with Crippen molar-refractivity contribution in [2.45, 2.75) is 33.7 Å². The highest BCUT2D eigenvalue weighted by molar-refractivity contribution is 5.96. The fourth-order valence-corrected chi connectivity index (χ4v) is 3.24. The molecule has 1 heterocycles. The lowest BCUT2D eigenvalue weighted by atomic mass is 10.1. The van der Waals surface area contributed by atoms with Gasteiger partial charge in [-0.25, -0.2) is 0 Å². The Morgan fingerprint density at radius 2 is 1.73 bits per heavy atom. The van der Waals surface area contributed by atoms with Crippen molar-refractivity contribution in [1.29, 1.82) is 0 Å². The molecule has 3 N–H and O–H groups in total. The van der Waals surface area contributed by atoms with Crippen LogP contribution in [0.15, 0.2) is 18.2 Å². The van der Waals surface area contributed by atoms with Gasteiger partial charge in [0.15, 0.2) is 6.04 Å². The molecule has 0 aromatic heterocycles. The minimum Gasteiger partial charge on any atom is -0.342 e. The molecule has 3 amide bonds. The fraction of sp³-hybridized carbons (Fsp3) is 0.526. The summed E-state index contributed by atoms with van der Waals surface area (Å²) in [4.78, 5) is 38.8. The largest absolute Gasteiger partial charge is 0.342 e. The van der Waals surface area contributed by atoms with E-state index in [1.807, 2.05) is 39.0 Å². The lowest BCUT2D eigenvalue weighted by molar-refractivity contribution is -0.917. The molecule has 0 spiro atoms. The molecule has 142 valence electrons. The molecule has 0 saturated carbocycles. The van der Waals surface area contributed by atoms with E-state index in [0.717, 1.165) is 34.8 Å². The van der Waals surface area contributed by atoms with Gasteiger partial charge < -0.3 is 20.4 Å². The second-order valence-electron chi connectivity index (χ2n) is 6.92. The SMILES string of the molecule is CC(=O)N1CC[NH+]([C@@H](C)C(=O)NCC(=O)Nc2c(C)cccc2C)CC1. The van der Waals surface area contributed by atoms with Crippen molar-refractivity contribution >= 4 is 23.4 Å². The summed E-state index contributed by atoms with van der Waals surface area (Å²) in [6, 6.07) is 5.57. The van der Waals surface area contributed by atoms with E-state index in [-0.39, 0.29) is 30.3 Å². The number of nitrogens with zero attached hydrogens (tertiary/aromatic N) is 1. The summed E-state index contributed by atoms with van der Waals surface area (Å²) in [6.45, 7) is 10.0. The van der Waals surface area contributed by atoms with Crippen molar-refractivity contribution in [3.63, 3.8) is 0 Å². The van der Waals surface area contributed by atoms with Gasteiger partial charge in [-0.05, 0) is 31.9 Å². The number of benzene rings is 1. The van der Waals surface area contributed by atoms with Crippen LogP contribution in [0.1, 0.15) is 25.0 Å². The molecule has 1 aromatic carbocycles. The van der Waals surface area contributed by atoms with Crippen LogP contribution >= 0.6 is 0 Å². The van der Waals surface area contributed by atoms with Gasteiger partial charge in [0.25, 0.3) is 5.91 Å². The number of rotatable bonds is 5. The molecule has 26 heavy (non-hydrogen) atoms. The molecule has 1 saturated heterocycles. The van der Waals surface area contributed by atoms with Gasteiger partial charge in [-0.3, -0.25) is 14.4 Å². The zero-order valence-corrected chi connectivity index (χ0v) is 16.0. The summed E-state index contributed by atoms with van der Waals surface area (Å²) in [5, 5.41) is 5.59. The molecule has 1 aliphatic rings. The number of para-hydroxylation sites is 1. The van der Waals surface area contributed by atoms with Gasteiger partial charge in [0.2, 0.25) is 11.8 Å². The number of carbonyl (C=O) groups is 3. The highest BCUT2D eigenvalue weighted by Crippen LogP contribution is 2.18. The minimum absolute atomic E-state index is 0.0518. The smallest absolute Gasteiger partial charge is 0.278 e. The van der Waals surface area contributed by atoms with Crippen LogP contribution in [0.4, 0.5) is 5.69 Å². The maximum atomic E-state index is 12.4. The average molecular weight is 361 g/mol. The van der Waals surface area contributed by atoms with Crippen molar-refractivity contribution in [3.8, 4) is 0 Å². The van der Waals surface area contributed by atoms with E-state index in [2.05, 4.69) is 10.6 Å². The normalized spacial score (nSPS) is 16.1. The molecule has 1 aromatic rings. The Labute approximate surface area is 154 Å². The second-order valence-corrected chi connectivity index (χ2v) is 6.92. The van der Waals surface area contributed by atoms with Gasteiger partial charge in [-0.2, -0.15) is 0 Å². The lowest BCUT2D eigenvalue weighted by Gasteiger charge is -2.34. The van der Waals surface area contributed by atoms with E-state index in [9.17, 15) is 14.4 Å². The number of nitrogens with one attached hydrogen (secondary N) is 3. The van der Waals surface area contributed by atoms with E-state index >= 15 is 0 Å². The minimum atomic E-state index is -0.253. The molecule has 1 aliphatic heterocycles. The maximum absolute atomic E-state index is 12.4. The first kappa shape index (κ1) is 19.9. The van der Waals surface area contributed by atoms with Crippen LogP contribution in [0, 0.1) is 13.8 Å². The number of piperazine rings is 1. The summed E-state index contributed by atoms with van der Waals surface area (Å²) < 4.78 is 0. The molecule has 1 atom stereocenters. The van der Waals surface area contributed by atoms with Crippen molar-refractivity contribution in [2.24, 2.45) is 0 Å². The van der Waals surface area contributed by atoms with Crippen LogP contribution in [-0.2, 0) is 14.4 Å². The Morgan fingerprint density at radius 1 is 1.15 bits per heavy atom. The van der Waals surface area contributed by atoms with Gasteiger partial charge >= 0.3 is 0 Å². The van der Waals surface area contributed by atoms with E-state index in [1.165, 1.54) is 0 Å². The van der Waals surface area contributed by atoms with Gasteiger partial charge in [0.05, 0.1) is 32.7 Å². The highest BCUT2D eigenvalue weighted by atomic mass is 16.2. The van der Waals surface area contributed by atoms with Gasteiger partial charge in [0, 0.05) is 12.6 Å². The standard InChI is InChI=1S/C19H28N4O3/c1-13-6-5-7-14(2)18(13)21-17(25)12-20-19(26)15(3)22-8-10-23(11-9-22)16(4)24/h5-7,15H,8-12H2,1-4H3,(H,20,26)(H,21,25)/p+1/t15-/m0/s1. The predicted octanol–water partition coefficient (Wildman–Crippen LogP) is -0.506. The Bertz CT molecular complexity index is 661. The topological polar surface area (TPSA) is 83.0 Å². The zero-order valence-electron chi connectivity index (χ0n) is 16.0. The van der Waals surface area contributed by atoms with Crippen molar-refractivity contribution in [2.75, 3.05) is 38.0 Å². The van der Waals surface area contributed by atoms with Gasteiger partial charge in [0.1, 0.15) is 0 Å². The molecule has 0 bridgehead atoms. The number of quaternary nitrogens is 1. The Hall–Kier alpha value is -2.41. The number of carbonyl (C=O) groups excluding carboxylic acids is 3. The maximum Gasteiger partial charge on any atom is 0.278 e. The van der Waals surface area contributed by atoms with E-state index in [1.54, 1.807) is 11.8 Å². The molecule has 7 heteroatoms. The first-order valence-corrected chi connectivity index (χ1v) is 9.03. The van der Waals surface area contributed by atoms with E-state index < -0.39 is 0 Å². The summed E-state index contributed by atoms with van der Waals surface area (Å²) in [7, 11) is 0. The van der Waals surface area contributed by atoms with Crippen molar-refractivity contribution in [1.82, 2.24) is 10.2 Å². The van der Waals surface area contributed by atoms with Crippen LogP contribution in [0.3, 0.4) is 0 Å². The van der Waals surface area contributed by atoms with E-state index in [4.69, 9.17) is 0 Å². The van der Waals surface area contributed by atoms with Crippen LogP contribution in [0.25, 0.3) is 0 Å². The summed E-state index contributed by atoms with van der Waals surface area (Å²) in [5.74, 6) is -0.309. The quantitative estimate of drug-likeness (QED) is 0.661. The van der Waals surface area contributed by atoms with Crippen LogP contribution in [0.5, 0.6) is 0 Å². The van der Waals surface area contributed by atoms with Crippen LogP contribution in [-0.4, -0.2) is 61.4 Å². The molecule has 7 nitrogen and oxygen atoms in total. The third-order valence-corrected chi connectivity index (χ3v) is 5.03. The third-order valence-electron chi connectivity index (χ3n) is 5.03. The Kier molecular flexibility index (Phi) is 6.74. The van der Waals surface area contributed by atoms with Gasteiger partial charge in [-0.1, -0.05) is 18.2 Å². The fourth-order valence-electron chi connectivity index (χ4n) is 3.24. The molecule has 0 aliphatic carbocycles. The highest BCUT2D eigenvalue weighted by Gasteiger charge is 2.29. The Morgan fingerprint density at radius 3 is 2.27 bits per heavy atom. The van der Waals surface area contributed by atoms with E-state index in [0.29, 0.717) is 13.1 Å². The molecular weight excluding hydrogens is 332 g/mol. The number of anilines is 1. The third kappa shape index (κ3) is 5.05. The van der Waals surface area contributed by atoms with Gasteiger partial charge in [-0.15, -0.1) is 0 Å². The first-order chi connectivity index (χ1) is 12.3. The van der Waals surface area contributed by atoms with Crippen molar-refractivity contribution < 1.29 is 19.3 Å². The molecule has 1 fully saturated rings. The second kappa shape index (κ2) is 8.80. The average Bonchev–Trinajstić information content (AvgIpc) is 2.62. The first-order valence-electron chi connectivity index (χ1n) is 9.03. The van der Waals surface area contributed by atoms with Crippen LogP contribution < -0.4 is 15.5 Å².